The van der Waals surface area contributed by atoms with Crippen molar-refractivity contribution in [3.8, 4) is 11.1 Å². The molecule has 4 rings (SSSR count). The van der Waals surface area contributed by atoms with E-state index in [9.17, 15) is 4.39 Å². The molecule has 3 aromatic carbocycles. The molecular weight excluding hydrogens is 333 g/mol. The Morgan fingerprint density at radius 2 is 1.76 bits per heavy atom. The van der Waals surface area contributed by atoms with Gasteiger partial charge in [0.25, 0.3) is 0 Å². The van der Waals surface area contributed by atoms with E-state index in [1.807, 2.05) is 36.4 Å². The Morgan fingerprint density at radius 1 is 0.920 bits per heavy atom. The average Bonchev–Trinajstić information content (AvgIpc) is 2.67. The number of benzene rings is 3. The van der Waals surface area contributed by atoms with Crippen molar-refractivity contribution in [3.05, 3.63) is 82.9 Å². The van der Waals surface area contributed by atoms with E-state index < -0.39 is 6.67 Å². The minimum Gasteiger partial charge on any atom is -0.341 e. The smallest absolute Gasteiger partial charge is 0.115 e. The van der Waals surface area contributed by atoms with Gasteiger partial charge in [-0.2, -0.15) is 0 Å². The summed E-state index contributed by atoms with van der Waals surface area (Å²) >= 11 is 6.15. The van der Waals surface area contributed by atoms with E-state index in [0.717, 1.165) is 46.8 Å². The Morgan fingerprint density at radius 3 is 2.60 bits per heavy atom. The lowest BCUT2D eigenvalue weighted by molar-refractivity contribution is 0.485. The van der Waals surface area contributed by atoms with Crippen molar-refractivity contribution in [1.82, 2.24) is 0 Å². The van der Waals surface area contributed by atoms with E-state index in [0.29, 0.717) is 0 Å². The molecule has 126 valence electrons. The average molecular weight is 352 g/mol. The number of nitrogens with zero attached hydrogens (tertiary/aromatic N) is 1. The summed E-state index contributed by atoms with van der Waals surface area (Å²) in [5.41, 5.74) is 6.57. The SMILES string of the molecule is FCc1cccc(N2CCCc3ccc(-c4cccc(Cl)c4)cc32)c1. The van der Waals surface area contributed by atoms with Gasteiger partial charge in [-0.25, -0.2) is 4.39 Å². The Bertz CT molecular complexity index is 906. The first-order valence-corrected chi connectivity index (χ1v) is 8.94. The van der Waals surface area contributed by atoms with Gasteiger partial charge in [-0.3, -0.25) is 0 Å². The second kappa shape index (κ2) is 6.89. The van der Waals surface area contributed by atoms with Gasteiger partial charge in [0.05, 0.1) is 0 Å². The standard InChI is InChI=1S/C22H19ClFN/c23-20-7-2-5-18(13-20)19-10-9-17-6-3-11-25(22(17)14-19)21-8-1-4-16(12-21)15-24/h1-2,4-5,7-10,12-14H,3,6,11,15H2. The molecule has 0 aromatic heterocycles. The molecule has 0 unspecified atom stereocenters. The first-order chi connectivity index (χ1) is 12.2. The van der Waals surface area contributed by atoms with Crippen molar-refractivity contribution in [2.24, 2.45) is 0 Å². The number of hydrogen-bond acceptors (Lipinski definition) is 1. The van der Waals surface area contributed by atoms with Crippen molar-refractivity contribution in [3.63, 3.8) is 0 Å². The van der Waals surface area contributed by atoms with Gasteiger partial charge < -0.3 is 4.90 Å². The molecule has 25 heavy (non-hydrogen) atoms. The van der Waals surface area contributed by atoms with Gasteiger partial charge in [0, 0.05) is 22.9 Å². The van der Waals surface area contributed by atoms with Crippen LogP contribution in [0, 0.1) is 0 Å². The molecule has 0 N–H and O–H groups in total. The Kier molecular flexibility index (Phi) is 4.46. The molecule has 0 saturated carbocycles. The van der Waals surface area contributed by atoms with Crippen LogP contribution in [0.25, 0.3) is 11.1 Å². The molecule has 0 radical (unpaired) electrons. The van der Waals surface area contributed by atoms with Crippen molar-refractivity contribution < 1.29 is 4.39 Å². The molecule has 0 spiro atoms. The van der Waals surface area contributed by atoms with Gasteiger partial charge in [-0.1, -0.05) is 48.0 Å². The minimum atomic E-state index is -0.433. The molecular formula is C22H19ClFN. The molecule has 3 aromatic rings. The molecule has 0 bridgehead atoms. The molecule has 0 fully saturated rings. The van der Waals surface area contributed by atoms with Crippen LogP contribution in [0.2, 0.25) is 5.02 Å². The third kappa shape index (κ3) is 3.27. The number of anilines is 2. The molecule has 3 heteroatoms. The lowest BCUT2D eigenvalue weighted by Gasteiger charge is -2.32. The number of fused-ring (bicyclic) bond motifs is 1. The predicted octanol–water partition coefficient (Wildman–Crippen LogP) is 6.56. The second-order valence-corrected chi connectivity index (χ2v) is 6.85. The Hall–Kier alpha value is -2.32. The highest BCUT2D eigenvalue weighted by molar-refractivity contribution is 6.30. The van der Waals surface area contributed by atoms with E-state index >= 15 is 0 Å². The summed E-state index contributed by atoms with van der Waals surface area (Å²) in [4.78, 5) is 2.30. The maximum Gasteiger partial charge on any atom is 0.115 e. The van der Waals surface area contributed by atoms with E-state index in [4.69, 9.17) is 11.6 Å². The van der Waals surface area contributed by atoms with Gasteiger partial charge in [0.2, 0.25) is 0 Å². The van der Waals surface area contributed by atoms with Gasteiger partial charge in [0.1, 0.15) is 6.67 Å². The van der Waals surface area contributed by atoms with Crippen molar-refractivity contribution in [2.75, 3.05) is 11.4 Å². The van der Waals surface area contributed by atoms with Gasteiger partial charge >= 0.3 is 0 Å². The third-order valence-corrected chi connectivity index (χ3v) is 4.97. The maximum atomic E-state index is 13.1. The summed E-state index contributed by atoms with van der Waals surface area (Å²) in [6.45, 7) is 0.513. The van der Waals surface area contributed by atoms with Gasteiger partial charge in [-0.05, 0) is 65.4 Å². The van der Waals surface area contributed by atoms with Crippen LogP contribution < -0.4 is 4.90 Å². The lowest BCUT2D eigenvalue weighted by Crippen LogP contribution is -2.24. The maximum absolute atomic E-state index is 13.1. The zero-order valence-corrected chi connectivity index (χ0v) is 14.6. The fourth-order valence-corrected chi connectivity index (χ4v) is 3.69. The highest BCUT2D eigenvalue weighted by Gasteiger charge is 2.19. The molecule has 0 saturated heterocycles. The topological polar surface area (TPSA) is 3.24 Å². The first-order valence-electron chi connectivity index (χ1n) is 8.56. The normalized spacial score (nSPS) is 13.6. The van der Waals surface area contributed by atoms with Crippen LogP contribution in [0.1, 0.15) is 17.5 Å². The molecule has 0 atom stereocenters. The molecule has 0 aliphatic carbocycles. The molecule has 1 nitrogen and oxygen atoms in total. The predicted molar refractivity (Wildman–Crippen MR) is 103 cm³/mol. The molecule has 1 heterocycles. The van der Waals surface area contributed by atoms with Crippen LogP contribution in [-0.4, -0.2) is 6.54 Å². The number of hydrogen-bond donors (Lipinski definition) is 0. The van der Waals surface area contributed by atoms with Gasteiger partial charge in [0.15, 0.2) is 0 Å². The van der Waals surface area contributed by atoms with Crippen LogP contribution in [0.5, 0.6) is 0 Å². The van der Waals surface area contributed by atoms with Gasteiger partial charge in [-0.15, -0.1) is 0 Å². The largest absolute Gasteiger partial charge is 0.341 e. The number of aryl methyl sites for hydroxylation is 1. The number of rotatable bonds is 3. The first kappa shape index (κ1) is 16.2. The number of halogens is 2. The fraction of sp³-hybridized carbons (Fsp3) is 0.182. The Balaban J connectivity index is 1.78. The number of alkyl halides is 1. The van der Waals surface area contributed by atoms with Crippen LogP contribution in [-0.2, 0) is 13.1 Å². The van der Waals surface area contributed by atoms with Crippen molar-refractivity contribution in [1.29, 1.82) is 0 Å². The monoisotopic (exact) mass is 351 g/mol. The highest BCUT2D eigenvalue weighted by Crippen LogP contribution is 2.37. The van der Waals surface area contributed by atoms with Crippen LogP contribution in [0.3, 0.4) is 0 Å². The van der Waals surface area contributed by atoms with Crippen LogP contribution in [0.15, 0.2) is 66.7 Å². The summed E-state index contributed by atoms with van der Waals surface area (Å²) in [6.07, 6.45) is 2.17. The molecule has 0 amide bonds. The van der Waals surface area contributed by atoms with Crippen LogP contribution in [0.4, 0.5) is 15.8 Å². The molecule has 1 aliphatic rings. The zero-order chi connectivity index (χ0) is 17.2. The third-order valence-electron chi connectivity index (χ3n) is 4.74. The minimum absolute atomic E-state index is 0.433. The fourth-order valence-electron chi connectivity index (χ4n) is 3.50. The second-order valence-electron chi connectivity index (χ2n) is 6.41. The van der Waals surface area contributed by atoms with Crippen LogP contribution >= 0.6 is 11.6 Å². The van der Waals surface area contributed by atoms with E-state index in [1.165, 1.54) is 11.3 Å². The van der Waals surface area contributed by atoms with Crippen molar-refractivity contribution in [2.45, 2.75) is 19.5 Å². The highest BCUT2D eigenvalue weighted by atomic mass is 35.5. The summed E-state index contributed by atoms with van der Waals surface area (Å²) in [7, 11) is 0. The Labute approximate surface area is 152 Å². The summed E-state index contributed by atoms with van der Waals surface area (Å²) in [5, 5.41) is 0.739. The van der Waals surface area contributed by atoms with E-state index in [-0.39, 0.29) is 0 Å². The molecule has 1 aliphatic heterocycles. The van der Waals surface area contributed by atoms with Crippen molar-refractivity contribution >= 4 is 23.0 Å². The summed E-state index contributed by atoms with van der Waals surface area (Å²) in [6, 6.07) is 22.3. The van der Waals surface area contributed by atoms with E-state index in [2.05, 4.69) is 35.2 Å². The zero-order valence-electron chi connectivity index (χ0n) is 13.9. The quantitative estimate of drug-likeness (QED) is 0.516. The summed E-state index contributed by atoms with van der Waals surface area (Å²) < 4.78 is 13.1. The summed E-state index contributed by atoms with van der Waals surface area (Å²) in [5.74, 6) is 0. The van der Waals surface area contributed by atoms with E-state index in [1.54, 1.807) is 0 Å². The lowest BCUT2D eigenvalue weighted by atomic mass is 9.96.